The van der Waals surface area contributed by atoms with Crippen LogP contribution in [-0.4, -0.2) is 31.0 Å². The molecule has 1 aliphatic rings. The van der Waals surface area contributed by atoms with Gasteiger partial charge in [-0.2, -0.15) is 11.8 Å². The molecule has 0 N–H and O–H groups in total. The molecule has 0 amide bonds. The summed E-state index contributed by atoms with van der Waals surface area (Å²) in [6, 6.07) is 6.18. The highest BCUT2D eigenvalue weighted by atomic mass is 32.2. The molecule has 0 fully saturated rings. The Morgan fingerprint density at radius 3 is 3.00 bits per heavy atom. The number of ether oxygens (including phenoxy) is 1. The number of fused-ring (bicyclic) bond motifs is 1. The summed E-state index contributed by atoms with van der Waals surface area (Å²) >= 11 is 1.64. The summed E-state index contributed by atoms with van der Waals surface area (Å²) in [5.74, 6) is 1.68. The lowest BCUT2D eigenvalue weighted by Gasteiger charge is -2.04. The van der Waals surface area contributed by atoms with Gasteiger partial charge in [0, 0.05) is 18.4 Å². The maximum Gasteiger partial charge on any atom is 0.172 e. The Bertz CT molecular complexity index is 401. The number of carbonyl (C=O) groups excluding carboxylic acids is 1. The average molecular weight is 250 g/mol. The second kappa shape index (κ2) is 6.22. The van der Waals surface area contributed by atoms with Crippen molar-refractivity contribution >= 4 is 17.5 Å². The number of methoxy groups -OCH3 is 1. The predicted octanol–water partition coefficient (Wildman–Crippen LogP) is 2.74. The van der Waals surface area contributed by atoms with Crippen LogP contribution in [0.5, 0.6) is 0 Å². The first-order valence-corrected chi connectivity index (χ1v) is 7.18. The second-order valence-electron chi connectivity index (χ2n) is 4.31. The van der Waals surface area contributed by atoms with Crippen molar-refractivity contribution in [3.05, 3.63) is 34.9 Å². The fraction of sp³-hybridized carbons (Fsp3) is 0.500. The molecule has 0 aromatic heterocycles. The van der Waals surface area contributed by atoms with E-state index in [9.17, 15) is 4.79 Å². The fourth-order valence-electron chi connectivity index (χ4n) is 2.14. The Morgan fingerprint density at radius 2 is 2.18 bits per heavy atom. The van der Waals surface area contributed by atoms with E-state index in [1.807, 2.05) is 6.07 Å². The zero-order valence-electron chi connectivity index (χ0n) is 10.2. The van der Waals surface area contributed by atoms with E-state index >= 15 is 0 Å². The van der Waals surface area contributed by atoms with Crippen molar-refractivity contribution in [3.63, 3.8) is 0 Å². The van der Waals surface area contributed by atoms with Crippen molar-refractivity contribution in [2.24, 2.45) is 0 Å². The molecule has 0 unspecified atom stereocenters. The van der Waals surface area contributed by atoms with Crippen molar-refractivity contribution < 1.29 is 9.53 Å². The van der Waals surface area contributed by atoms with Gasteiger partial charge >= 0.3 is 0 Å². The molecule has 1 aliphatic carbocycles. The number of benzene rings is 1. The number of hydrogen-bond acceptors (Lipinski definition) is 3. The van der Waals surface area contributed by atoms with Gasteiger partial charge in [0.05, 0.1) is 12.4 Å². The minimum Gasteiger partial charge on any atom is -0.384 e. The minimum absolute atomic E-state index is 0.237. The zero-order valence-corrected chi connectivity index (χ0v) is 11.0. The Labute approximate surface area is 107 Å². The van der Waals surface area contributed by atoms with Gasteiger partial charge in [0.15, 0.2) is 5.78 Å². The number of ketones is 1. The summed E-state index contributed by atoms with van der Waals surface area (Å²) in [6.45, 7) is 0.710. The van der Waals surface area contributed by atoms with E-state index in [1.54, 1.807) is 18.9 Å². The third-order valence-corrected chi connectivity index (χ3v) is 4.01. The van der Waals surface area contributed by atoms with Crippen LogP contribution in [0.25, 0.3) is 0 Å². The third kappa shape index (κ3) is 3.33. The van der Waals surface area contributed by atoms with Gasteiger partial charge in [0.1, 0.15) is 0 Å². The number of thioether (sulfide) groups is 1. The number of hydrogen-bond donors (Lipinski definition) is 0. The summed E-state index contributed by atoms with van der Waals surface area (Å²) < 4.78 is 4.96. The second-order valence-corrected chi connectivity index (χ2v) is 5.41. The van der Waals surface area contributed by atoms with E-state index in [0.29, 0.717) is 12.4 Å². The Balaban J connectivity index is 1.91. The Kier molecular flexibility index (Phi) is 4.63. The van der Waals surface area contributed by atoms with Crippen molar-refractivity contribution in [2.75, 3.05) is 25.2 Å². The molecule has 1 aromatic rings. The third-order valence-electron chi connectivity index (χ3n) is 3.09. The molecular weight excluding hydrogens is 232 g/mol. The Hall–Kier alpha value is -0.800. The summed E-state index contributed by atoms with van der Waals surface area (Å²) in [7, 11) is 1.68. The molecule has 0 heterocycles. The van der Waals surface area contributed by atoms with Gasteiger partial charge < -0.3 is 4.74 Å². The fourth-order valence-corrected chi connectivity index (χ4v) is 2.92. The monoisotopic (exact) mass is 250 g/mol. The molecule has 0 saturated heterocycles. The smallest absolute Gasteiger partial charge is 0.172 e. The van der Waals surface area contributed by atoms with E-state index < -0.39 is 0 Å². The summed E-state index contributed by atoms with van der Waals surface area (Å²) in [6.07, 6.45) is 3.54. The molecule has 2 rings (SSSR count). The SMILES string of the molecule is COCCSCC(=O)c1ccc2c(c1)CCC2. The van der Waals surface area contributed by atoms with Crippen LogP contribution in [0.2, 0.25) is 0 Å². The first kappa shape index (κ1) is 12.7. The highest BCUT2D eigenvalue weighted by Crippen LogP contribution is 2.23. The largest absolute Gasteiger partial charge is 0.384 e. The molecule has 0 aliphatic heterocycles. The molecule has 0 atom stereocenters. The normalized spacial score (nSPS) is 13.7. The van der Waals surface area contributed by atoms with Crippen molar-refractivity contribution in [1.29, 1.82) is 0 Å². The lowest BCUT2D eigenvalue weighted by atomic mass is 10.0. The van der Waals surface area contributed by atoms with Crippen molar-refractivity contribution in [2.45, 2.75) is 19.3 Å². The van der Waals surface area contributed by atoms with Crippen LogP contribution in [0.15, 0.2) is 18.2 Å². The number of rotatable bonds is 6. The van der Waals surface area contributed by atoms with Crippen LogP contribution in [-0.2, 0) is 17.6 Å². The molecule has 2 nitrogen and oxygen atoms in total. The minimum atomic E-state index is 0.237. The van der Waals surface area contributed by atoms with E-state index in [1.165, 1.54) is 24.0 Å². The van der Waals surface area contributed by atoms with Gasteiger partial charge in [-0.05, 0) is 36.5 Å². The summed E-state index contributed by atoms with van der Waals surface area (Å²) in [5, 5.41) is 0. The molecule has 0 spiro atoms. The number of aryl methyl sites for hydroxylation is 2. The standard InChI is InChI=1S/C14H18O2S/c1-16-7-8-17-10-14(15)13-6-5-11-3-2-4-12(11)9-13/h5-6,9H,2-4,7-8,10H2,1H3. The molecular formula is C14H18O2S. The van der Waals surface area contributed by atoms with Crippen LogP contribution >= 0.6 is 11.8 Å². The lowest BCUT2D eigenvalue weighted by Crippen LogP contribution is -2.05. The number of Topliss-reactive ketones (excluding diaryl/α,β-unsaturated/α-hetero) is 1. The van der Waals surface area contributed by atoms with E-state index in [2.05, 4.69) is 12.1 Å². The first-order valence-electron chi connectivity index (χ1n) is 6.03. The summed E-state index contributed by atoms with van der Waals surface area (Å²) in [5.41, 5.74) is 3.67. The molecule has 17 heavy (non-hydrogen) atoms. The van der Waals surface area contributed by atoms with Gasteiger partial charge in [-0.25, -0.2) is 0 Å². The van der Waals surface area contributed by atoms with Gasteiger partial charge in [0.2, 0.25) is 0 Å². The van der Waals surface area contributed by atoms with Gasteiger partial charge in [-0.15, -0.1) is 0 Å². The molecule has 92 valence electrons. The lowest BCUT2D eigenvalue weighted by molar-refractivity contribution is 0.102. The molecule has 0 radical (unpaired) electrons. The van der Waals surface area contributed by atoms with Crippen LogP contribution in [0, 0.1) is 0 Å². The highest BCUT2D eigenvalue weighted by molar-refractivity contribution is 8.00. The van der Waals surface area contributed by atoms with E-state index in [4.69, 9.17) is 4.74 Å². The van der Waals surface area contributed by atoms with Crippen LogP contribution < -0.4 is 0 Å². The highest BCUT2D eigenvalue weighted by Gasteiger charge is 2.13. The van der Waals surface area contributed by atoms with Crippen molar-refractivity contribution in [1.82, 2.24) is 0 Å². The first-order chi connectivity index (χ1) is 8.31. The summed E-state index contributed by atoms with van der Waals surface area (Å²) in [4.78, 5) is 11.9. The van der Waals surface area contributed by atoms with Crippen molar-refractivity contribution in [3.8, 4) is 0 Å². The maximum atomic E-state index is 11.9. The van der Waals surface area contributed by atoms with Crippen LogP contribution in [0.4, 0.5) is 0 Å². The molecule has 0 bridgehead atoms. The van der Waals surface area contributed by atoms with Crippen LogP contribution in [0.1, 0.15) is 27.9 Å². The Morgan fingerprint density at radius 1 is 1.35 bits per heavy atom. The van der Waals surface area contributed by atoms with E-state index in [-0.39, 0.29) is 5.78 Å². The topological polar surface area (TPSA) is 26.3 Å². The van der Waals surface area contributed by atoms with Gasteiger partial charge in [-0.1, -0.05) is 12.1 Å². The number of carbonyl (C=O) groups is 1. The van der Waals surface area contributed by atoms with E-state index in [0.717, 1.165) is 17.7 Å². The molecule has 1 aromatic carbocycles. The molecule has 0 saturated carbocycles. The maximum absolute atomic E-state index is 11.9. The molecule has 3 heteroatoms. The zero-order chi connectivity index (χ0) is 12.1. The van der Waals surface area contributed by atoms with Gasteiger partial charge in [0.25, 0.3) is 0 Å². The van der Waals surface area contributed by atoms with Crippen LogP contribution in [0.3, 0.4) is 0 Å². The quantitative estimate of drug-likeness (QED) is 0.573. The van der Waals surface area contributed by atoms with Gasteiger partial charge in [-0.3, -0.25) is 4.79 Å². The predicted molar refractivity (Wildman–Crippen MR) is 72.0 cm³/mol. The average Bonchev–Trinajstić information content (AvgIpc) is 2.81.